The van der Waals surface area contributed by atoms with Gasteiger partial charge in [0.25, 0.3) is 0 Å². The van der Waals surface area contributed by atoms with Crippen LogP contribution in [0.3, 0.4) is 0 Å². The molecule has 1 saturated heterocycles. The summed E-state index contributed by atoms with van der Waals surface area (Å²) in [7, 11) is 0. The molecule has 0 aromatic carbocycles. The lowest BCUT2D eigenvalue weighted by Crippen LogP contribution is -2.49. The Morgan fingerprint density at radius 2 is 1.95 bits per heavy atom. The van der Waals surface area contributed by atoms with E-state index in [0.29, 0.717) is 18.9 Å². The minimum absolute atomic E-state index is 0.0710. The maximum Gasteiger partial charge on any atom is 0.323 e. The number of carbonyl (C=O) groups is 1. The molecule has 0 spiro atoms. The van der Waals surface area contributed by atoms with Crippen LogP contribution in [-0.4, -0.2) is 41.2 Å². The van der Waals surface area contributed by atoms with Gasteiger partial charge >= 0.3 is 6.03 Å². The molecule has 1 fully saturated rings. The first-order valence-electron chi connectivity index (χ1n) is 6.60. The zero-order chi connectivity index (χ0) is 14.0. The van der Waals surface area contributed by atoms with Crippen LogP contribution in [0.1, 0.15) is 25.1 Å². The molecule has 2 atom stereocenters. The van der Waals surface area contributed by atoms with Crippen LogP contribution in [0, 0.1) is 13.8 Å². The molecule has 0 radical (unpaired) electrons. The number of carbonyl (C=O) groups excluding carboxylic acids is 1. The molecule has 5 heteroatoms. The van der Waals surface area contributed by atoms with Crippen molar-refractivity contribution in [3.05, 3.63) is 23.4 Å². The molecule has 0 bridgehead atoms. The van der Waals surface area contributed by atoms with Crippen LogP contribution in [0.2, 0.25) is 0 Å². The van der Waals surface area contributed by atoms with Crippen LogP contribution >= 0.6 is 0 Å². The minimum Gasteiger partial charge on any atom is -0.372 e. The number of anilines is 1. The number of pyridine rings is 1. The quantitative estimate of drug-likeness (QED) is 0.846. The van der Waals surface area contributed by atoms with Crippen molar-refractivity contribution >= 4 is 11.8 Å². The Bertz CT molecular complexity index is 446. The summed E-state index contributed by atoms with van der Waals surface area (Å²) in [4.78, 5) is 18.3. The van der Waals surface area contributed by atoms with E-state index in [-0.39, 0.29) is 18.2 Å². The number of ether oxygens (including phenoxy) is 1. The monoisotopic (exact) mass is 263 g/mol. The number of rotatable bonds is 1. The highest BCUT2D eigenvalue weighted by atomic mass is 16.5. The van der Waals surface area contributed by atoms with E-state index in [1.54, 1.807) is 4.90 Å². The third-order valence-corrected chi connectivity index (χ3v) is 3.04. The molecule has 104 valence electrons. The van der Waals surface area contributed by atoms with Crippen molar-refractivity contribution in [1.29, 1.82) is 0 Å². The highest BCUT2D eigenvalue weighted by molar-refractivity contribution is 5.88. The first kappa shape index (κ1) is 13.8. The maximum atomic E-state index is 12.2. The van der Waals surface area contributed by atoms with Crippen LogP contribution in [0.15, 0.2) is 12.1 Å². The van der Waals surface area contributed by atoms with Crippen molar-refractivity contribution in [3.8, 4) is 0 Å². The third-order valence-electron chi connectivity index (χ3n) is 3.04. The summed E-state index contributed by atoms with van der Waals surface area (Å²) in [5.74, 6) is 0.606. The number of amides is 2. The lowest BCUT2D eigenvalue weighted by Gasteiger charge is -2.35. The van der Waals surface area contributed by atoms with Crippen LogP contribution < -0.4 is 5.32 Å². The summed E-state index contributed by atoms with van der Waals surface area (Å²) in [6.45, 7) is 9.09. The Labute approximate surface area is 114 Å². The highest BCUT2D eigenvalue weighted by Crippen LogP contribution is 2.14. The lowest BCUT2D eigenvalue weighted by atomic mass is 10.2. The fraction of sp³-hybridized carbons (Fsp3) is 0.571. The van der Waals surface area contributed by atoms with Crippen molar-refractivity contribution in [2.24, 2.45) is 0 Å². The van der Waals surface area contributed by atoms with Crippen LogP contribution in [-0.2, 0) is 4.74 Å². The fourth-order valence-electron chi connectivity index (χ4n) is 2.44. The zero-order valence-electron chi connectivity index (χ0n) is 11.9. The summed E-state index contributed by atoms with van der Waals surface area (Å²) in [5, 5.41) is 2.85. The van der Waals surface area contributed by atoms with Gasteiger partial charge in [0, 0.05) is 18.8 Å². The topological polar surface area (TPSA) is 54.5 Å². The lowest BCUT2D eigenvalue weighted by molar-refractivity contribution is -0.0530. The average Bonchev–Trinajstić information content (AvgIpc) is 2.25. The molecular formula is C14H21N3O2. The van der Waals surface area contributed by atoms with Gasteiger partial charge in [-0.3, -0.25) is 5.32 Å². The van der Waals surface area contributed by atoms with Crippen molar-refractivity contribution in [2.45, 2.75) is 39.9 Å². The molecule has 2 rings (SSSR count). The van der Waals surface area contributed by atoms with Gasteiger partial charge in [0.15, 0.2) is 0 Å². The number of hydrogen-bond acceptors (Lipinski definition) is 3. The standard InChI is InChI=1S/C14H21N3O2/c1-9-5-10(2)15-13(6-9)16-14(18)17-7-11(3)19-12(4)8-17/h5-6,11-12H,7-8H2,1-4H3,(H,15,16,18)/t11-,12-/m1/s1. The van der Waals surface area contributed by atoms with Gasteiger partial charge < -0.3 is 9.64 Å². The van der Waals surface area contributed by atoms with Crippen molar-refractivity contribution in [2.75, 3.05) is 18.4 Å². The van der Waals surface area contributed by atoms with E-state index >= 15 is 0 Å². The summed E-state index contributed by atoms with van der Waals surface area (Å²) < 4.78 is 5.62. The second-order valence-corrected chi connectivity index (χ2v) is 5.26. The molecular weight excluding hydrogens is 242 g/mol. The molecule has 1 aliphatic rings. The minimum atomic E-state index is -0.112. The van der Waals surface area contributed by atoms with E-state index in [4.69, 9.17) is 4.74 Å². The second kappa shape index (κ2) is 5.57. The number of nitrogens with one attached hydrogen (secondary N) is 1. The SMILES string of the molecule is Cc1cc(C)nc(NC(=O)N2C[C@@H](C)O[C@H](C)C2)c1. The molecule has 1 aromatic heterocycles. The van der Waals surface area contributed by atoms with Gasteiger partial charge in [-0.2, -0.15) is 0 Å². The Kier molecular flexibility index (Phi) is 4.04. The van der Waals surface area contributed by atoms with E-state index in [2.05, 4.69) is 10.3 Å². The molecule has 0 aliphatic carbocycles. The maximum absolute atomic E-state index is 12.2. The number of aromatic nitrogens is 1. The van der Waals surface area contributed by atoms with E-state index in [1.165, 1.54) is 0 Å². The van der Waals surface area contributed by atoms with E-state index < -0.39 is 0 Å². The molecule has 1 aromatic rings. The summed E-state index contributed by atoms with van der Waals surface area (Å²) in [6, 6.07) is 3.74. The largest absolute Gasteiger partial charge is 0.372 e. The Balaban J connectivity index is 2.04. The molecule has 0 saturated carbocycles. The summed E-state index contributed by atoms with van der Waals surface area (Å²) in [5.41, 5.74) is 1.99. The highest BCUT2D eigenvalue weighted by Gasteiger charge is 2.26. The molecule has 2 amide bonds. The molecule has 1 N–H and O–H groups in total. The molecule has 1 aliphatic heterocycles. The fourth-order valence-corrected chi connectivity index (χ4v) is 2.44. The Morgan fingerprint density at radius 3 is 2.53 bits per heavy atom. The number of nitrogens with zero attached hydrogens (tertiary/aromatic N) is 2. The van der Waals surface area contributed by atoms with Gasteiger partial charge in [-0.1, -0.05) is 0 Å². The third kappa shape index (κ3) is 3.67. The summed E-state index contributed by atoms with van der Waals surface area (Å²) in [6.07, 6.45) is 0.142. The van der Waals surface area contributed by atoms with Gasteiger partial charge in [0.1, 0.15) is 5.82 Å². The van der Waals surface area contributed by atoms with Gasteiger partial charge in [-0.15, -0.1) is 0 Å². The van der Waals surface area contributed by atoms with Crippen LogP contribution in [0.5, 0.6) is 0 Å². The average molecular weight is 263 g/mol. The van der Waals surface area contributed by atoms with Gasteiger partial charge in [-0.25, -0.2) is 9.78 Å². The number of urea groups is 1. The van der Waals surface area contributed by atoms with Gasteiger partial charge in [0.05, 0.1) is 12.2 Å². The van der Waals surface area contributed by atoms with Crippen molar-refractivity contribution < 1.29 is 9.53 Å². The van der Waals surface area contributed by atoms with E-state index in [9.17, 15) is 4.79 Å². The number of hydrogen-bond donors (Lipinski definition) is 1. The second-order valence-electron chi connectivity index (χ2n) is 5.26. The smallest absolute Gasteiger partial charge is 0.323 e. The van der Waals surface area contributed by atoms with E-state index in [1.807, 2.05) is 39.8 Å². The predicted molar refractivity (Wildman–Crippen MR) is 74.3 cm³/mol. The van der Waals surface area contributed by atoms with E-state index in [0.717, 1.165) is 11.3 Å². The first-order valence-corrected chi connectivity index (χ1v) is 6.60. The Morgan fingerprint density at radius 1 is 1.32 bits per heavy atom. The predicted octanol–water partition coefficient (Wildman–Crippen LogP) is 2.34. The number of morpholine rings is 1. The van der Waals surface area contributed by atoms with Crippen molar-refractivity contribution in [1.82, 2.24) is 9.88 Å². The van der Waals surface area contributed by atoms with Gasteiger partial charge in [0.2, 0.25) is 0 Å². The normalized spacial score (nSPS) is 23.3. The van der Waals surface area contributed by atoms with Gasteiger partial charge in [-0.05, 0) is 45.4 Å². The van der Waals surface area contributed by atoms with Crippen molar-refractivity contribution in [3.63, 3.8) is 0 Å². The molecule has 2 heterocycles. The molecule has 0 unspecified atom stereocenters. The first-order chi connectivity index (χ1) is 8.94. The molecule has 5 nitrogen and oxygen atoms in total. The molecule has 19 heavy (non-hydrogen) atoms. The number of aryl methyl sites for hydroxylation is 2. The van der Waals surface area contributed by atoms with Crippen LogP contribution in [0.4, 0.5) is 10.6 Å². The Hall–Kier alpha value is -1.62. The van der Waals surface area contributed by atoms with Crippen LogP contribution in [0.25, 0.3) is 0 Å². The zero-order valence-corrected chi connectivity index (χ0v) is 11.9. The summed E-state index contributed by atoms with van der Waals surface area (Å²) >= 11 is 0.